The maximum Gasteiger partial charge on any atom is 0.242 e. The first-order valence-electron chi connectivity index (χ1n) is 9.18. The van der Waals surface area contributed by atoms with E-state index in [9.17, 15) is 4.79 Å². The lowest BCUT2D eigenvalue weighted by atomic mass is 9.95. The first kappa shape index (κ1) is 18.9. The third-order valence-corrected chi connectivity index (χ3v) is 4.75. The normalized spacial score (nSPS) is 22.6. The van der Waals surface area contributed by atoms with Gasteiger partial charge in [0, 0.05) is 12.6 Å². The Morgan fingerprint density at radius 3 is 2.67 bits per heavy atom. The Morgan fingerprint density at radius 2 is 2.04 bits per heavy atom. The maximum absolute atomic E-state index is 12.9. The van der Waals surface area contributed by atoms with E-state index >= 15 is 0 Å². The Kier molecular flexibility index (Phi) is 7.25. The summed E-state index contributed by atoms with van der Waals surface area (Å²) in [6.07, 6.45) is 3.14. The molecule has 134 valence electrons. The summed E-state index contributed by atoms with van der Waals surface area (Å²) in [5.74, 6) is 0.716. The van der Waals surface area contributed by atoms with Crippen molar-refractivity contribution in [3.8, 4) is 0 Å². The van der Waals surface area contributed by atoms with Gasteiger partial charge in [-0.15, -0.1) is 0 Å². The minimum absolute atomic E-state index is 0.0979. The fourth-order valence-electron chi connectivity index (χ4n) is 3.41. The molecule has 1 amide bonds. The minimum Gasteiger partial charge on any atom is -0.378 e. The molecule has 1 N–H and O–H groups in total. The molecule has 1 aromatic rings. The molecule has 4 nitrogen and oxygen atoms in total. The van der Waals surface area contributed by atoms with Crippen LogP contribution in [0.4, 0.5) is 0 Å². The number of nitrogens with one attached hydrogen (secondary N) is 1. The number of rotatable bonds is 7. The molecule has 0 bridgehead atoms. The van der Waals surface area contributed by atoms with Gasteiger partial charge < -0.3 is 10.1 Å². The van der Waals surface area contributed by atoms with E-state index in [0.29, 0.717) is 5.92 Å². The van der Waals surface area contributed by atoms with Crippen LogP contribution in [0.3, 0.4) is 0 Å². The lowest BCUT2D eigenvalue weighted by Gasteiger charge is -2.33. The van der Waals surface area contributed by atoms with Crippen molar-refractivity contribution >= 4 is 5.91 Å². The van der Waals surface area contributed by atoms with E-state index in [1.54, 1.807) is 0 Å². The molecule has 1 aromatic carbocycles. The van der Waals surface area contributed by atoms with Crippen molar-refractivity contribution in [2.24, 2.45) is 5.92 Å². The van der Waals surface area contributed by atoms with E-state index in [2.05, 4.69) is 31.0 Å². The molecule has 0 unspecified atom stereocenters. The van der Waals surface area contributed by atoms with Gasteiger partial charge in [0.1, 0.15) is 6.04 Å². The van der Waals surface area contributed by atoms with Crippen LogP contribution in [0.5, 0.6) is 0 Å². The molecule has 0 radical (unpaired) electrons. The van der Waals surface area contributed by atoms with E-state index < -0.39 is 0 Å². The molecule has 0 saturated carbocycles. The third-order valence-electron chi connectivity index (χ3n) is 4.75. The fourth-order valence-corrected chi connectivity index (χ4v) is 3.41. The van der Waals surface area contributed by atoms with Crippen LogP contribution in [-0.2, 0) is 9.53 Å². The molecular weight excluding hydrogens is 300 g/mol. The zero-order valence-corrected chi connectivity index (χ0v) is 15.5. The van der Waals surface area contributed by atoms with E-state index in [1.165, 1.54) is 0 Å². The molecule has 1 saturated heterocycles. The molecule has 1 heterocycles. The van der Waals surface area contributed by atoms with Gasteiger partial charge in [-0.3, -0.25) is 9.69 Å². The Bertz CT molecular complexity index is 504. The Labute approximate surface area is 146 Å². The number of carbonyl (C=O) groups is 1. The fraction of sp³-hybridized carbons (Fsp3) is 0.650. The predicted octanol–water partition coefficient (Wildman–Crippen LogP) is 3.39. The Balaban J connectivity index is 2.02. The summed E-state index contributed by atoms with van der Waals surface area (Å²) >= 11 is 0. The van der Waals surface area contributed by atoms with Crippen molar-refractivity contribution in [3.63, 3.8) is 0 Å². The van der Waals surface area contributed by atoms with Gasteiger partial charge in [-0.05, 0) is 44.3 Å². The van der Waals surface area contributed by atoms with Gasteiger partial charge >= 0.3 is 0 Å². The Morgan fingerprint density at radius 1 is 1.33 bits per heavy atom. The number of carbonyl (C=O) groups excluding carboxylic acids is 1. The van der Waals surface area contributed by atoms with E-state index in [-0.39, 0.29) is 24.1 Å². The van der Waals surface area contributed by atoms with Crippen LogP contribution in [0.25, 0.3) is 0 Å². The quantitative estimate of drug-likeness (QED) is 0.832. The molecule has 0 aromatic heterocycles. The lowest BCUT2D eigenvalue weighted by Crippen LogP contribution is -2.47. The van der Waals surface area contributed by atoms with Crippen molar-refractivity contribution < 1.29 is 9.53 Å². The van der Waals surface area contributed by atoms with Gasteiger partial charge in [-0.1, -0.05) is 51.1 Å². The zero-order valence-electron chi connectivity index (χ0n) is 15.5. The number of nitrogens with zero attached hydrogens (tertiary/aromatic N) is 1. The molecule has 1 aliphatic rings. The average molecular weight is 332 g/mol. The minimum atomic E-state index is -0.234. The topological polar surface area (TPSA) is 41.6 Å². The van der Waals surface area contributed by atoms with E-state index in [0.717, 1.165) is 38.0 Å². The Hall–Kier alpha value is -1.39. The monoisotopic (exact) mass is 332 g/mol. The van der Waals surface area contributed by atoms with Gasteiger partial charge in [-0.25, -0.2) is 0 Å². The molecule has 1 fully saturated rings. The van der Waals surface area contributed by atoms with Gasteiger partial charge in [0.05, 0.1) is 6.10 Å². The van der Waals surface area contributed by atoms with Crippen molar-refractivity contribution in [2.75, 3.05) is 20.2 Å². The lowest BCUT2D eigenvalue weighted by molar-refractivity contribution is -0.128. The maximum atomic E-state index is 12.9. The predicted molar refractivity (Wildman–Crippen MR) is 97.8 cm³/mol. The highest BCUT2D eigenvalue weighted by Crippen LogP contribution is 2.23. The summed E-state index contributed by atoms with van der Waals surface area (Å²) in [7, 11) is 2.00. The van der Waals surface area contributed by atoms with Crippen molar-refractivity contribution in [1.29, 1.82) is 0 Å². The number of ether oxygens (including phenoxy) is 1. The molecule has 0 aliphatic carbocycles. The highest BCUT2D eigenvalue weighted by Gasteiger charge is 2.29. The summed E-state index contributed by atoms with van der Waals surface area (Å²) in [4.78, 5) is 15.0. The molecule has 24 heavy (non-hydrogen) atoms. The van der Waals surface area contributed by atoms with Crippen LogP contribution < -0.4 is 5.32 Å². The van der Waals surface area contributed by atoms with Crippen LogP contribution in [0, 0.1) is 5.92 Å². The van der Waals surface area contributed by atoms with Crippen molar-refractivity contribution in [1.82, 2.24) is 10.2 Å². The summed E-state index contributed by atoms with van der Waals surface area (Å²) in [5.41, 5.74) is 1.05. The molecular formula is C20H32N2O2. The van der Waals surface area contributed by atoms with Crippen LogP contribution in [0.2, 0.25) is 0 Å². The zero-order chi connectivity index (χ0) is 17.5. The number of hydrogen-bond acceptors (Lipinski definition) is 3. The molecule has 2 rings (SSSR count). The largest absolute Gasteiger partial charge is 0.378 e. The number of amides is 1. The molecule has 4 heteroatoms. The molecule has 0 spiro atoms. The number of likely N-dealkylation sites (N-methyl/N-ethyl adjacent to an activating group) is 1. The number of benzene rings is 1. The van der Waals surface area contributed by atoms with Crippen molar-refractivity contribution in [3.05, 3.63) is 35.9 Å². The summed E-state index contributed by atoms with van der Waals surface area (Å²) in [6, 6.07) is 10.0. The van der Waals surface area contributed by atoms with Gasteiger partial charge in [0.25, 0.3) is 0 Å². The average Bonchev–Trinajstić information content (AvgIpc) is 2.55. The molecule has 1 aliphatic heterocycles. The second-order valence-corrected chi connectivity index (χ2v) is 7.24. The highest BCUT2D eigenvalue weighted by molar-refractivity contribution is 5.83. The smallest absolute Gasteiger partial charge is 0.242 e. The molecule has 3 atom stereocenters. The highest BCUT2D eigenvalue weighted by atomic mass is 16.5. The van der Waals surface area contributed by atoms with Crippen molar-refractivity contribution in [2.45, 2.75) is 58.2 Å². The summed E-state index contributed by atoms with van der Waals surface area (Å²) in [5, 5.41) is 3.28. The second kappa shape index (κ2) is 9.19. The van der Waals surface area contributed by atoms with E-state index in [1.807, 2.05) is 37.4 Å². The van der Waals surface area contributed by atoms with Gasteiger partial charge in [0.15, 0.2) is 0 Å². The van der Waals surface area contributed by atoms with E-state index in [4.69, 9.17) is 4.74 Å². The van der Waals surface area contributed by atoms with Gasteiger partial charge in [0.2, 0.25) is 5.91 Å². The second-order valence-electron chi connectivity index (χ2n) is 7.24. The third kappa shape index (κ3) is 5.32. The van der Waals surface area contributed by atoms with Crippen LogP contribution in [-0.4, -0.2) is 43.2 Å². The van der Waals surface area contributed by atoms with Crippen LogP contribution in [0.1, 0.15) is 51.6 Å². The summed E-state index contributed by atoms with van der Waals surface area (Å²) < 4.78 is 5.85. The standard InChI is InChI=1S/C20H32N2O2/c1-5-22(4)19(16-9-7-6-8-10-16)20(23)21-17-11-12-24-18(14-17)13-15(2)3/h6-10,15,17-19H,5,11-14H2,1-4H3,(H,21,23)/t17-,18+,19-/m0/s1. The van der Waals surface area contributed by atoms with Gasteiger partial charge in [-0.2, -0.15) is 0 Å². The van der Waals surface area contributed by atoms with Crippen LogP contribution in [0.15, 0.2) is 30.3 Å². The first-order chi connectivity index (χ1) is 11.5. The SMILES string of the molecule is CCN(C)[C@H](C(=O)N[C@H]1CCO[C@H](CC(C)C)C1)c1ccccc1. The first-order valence-corrected chi connectivity index (χ1v) is 9.18. The summed E-state index contributed by atoms with van der Waals surface area (Å²) in [6.45, 7) is 8.08. The number of hydrogen-bond donors (Lipinski definition) is 1. The van der Waals surface area contributed by atoms with Crippen LogP contribution >= 0.6 is 0 Å².